The molecule has 1 aliphatic carbocycles. The lowest BCUT2D eigenvalue weighted by Gasteiger charge is -2.26. The second kappa shape index (κ2) is 5.51. The van der Waals surface area contributed by atoms with Crippen molar-refractivity contribution in [3.8, 4) is 6.07 Å². The molecule has 0 N–H and O–H groups in total. The van der Waals surface area contributed by atoms with Gasteiger partial charge in [0.1, 0.15) is 0 Å². The lowest BCUT2D eigenvalue weighted by Crippen LogP contribution is -2.29. The second-order valence-corrected chi connectivity index (χ2v) is 6.98. The van der Waals surface area contributed by atoms with Gasteiger partial charge in [0.2, 0.25) is 0 Å². The van der Waals surface area contributed by atoms with Crippen LogP contribution in [0.2, 0.25) is 0 Å². The van der Waals surface area contributed by atoms with Crippen LogP contribution < -0.4 is 0 Å². The van der Waals surface area contributed by atoms with Gasteiger partial charge in [0.15, 0.2) is 0 Å². The van der Waals surface area contributed by atoms with E-state index < -0.39 is 0 Å². The van der Waals surface area contributed by atoms with Crippen LogP contribution >= 0.6 is 0 Å². The number of hydrogen-bond donors (Lipinski definition) is 0. The Hall–Kier alpha value is -2.11. The molecule has 23 heavy (non-hydrogen) atoms. The summed E-state index contributed by atoms with van der Waals surface area (Å²) in [5.41, 5.74) is 3.90. The molecule has 116 valence electrons. The van der Waals surface area contributed by atoms with Crippen molar-refractivity contribution in [2.75, 3.05) is 13.1 Å². The molecule has 0 amide bonds. The smallest absolute Gasteiger partial charge is 0.0991 e. The van der Waals surface area contributed by atoms with Gasteiger partial charge in [0.25, 0.3) is 0 Å². The van der Waals surface area contributed by atoms with Crippen LogP contribution in [0.1, 0.15) is 30.0 Å². The summed E-state index contributed by atoms with van der Waals surface area (Å²) in [6.45, 7) is 5.74. The van der Waals surface area contributed by atoms with E-state index in [4.69, 9.17) is 0 Å². The van der Waals surface area contributed by atoms with Gasteiger partial charge in [-0.05, 0) is 41.5 Å². The maximum Gasteiger partial charge on any atom is 0.0991 e. The summed E-state index contributed by atoms with van der Waals surface area (Å²) in [7, 11) is 0. The number of nitriles is 1. The fourth-order valence-corrected chi connectivity index (χ4v) is 4.82. The van der Waals surface area contributed by atoms with Crippen molar-refractivity contribution < 1.29 is 0 Å². The lowest BCUT2D eigenvalue weighted by molar-refractivity contribution is 0.262. The lowest BCUT2D eigenvalue weighted by atomic mass is 9.86. The molecular formula is C21H22N2. The van der Waals surface area contributed by atoms with E-state index in [9.17, 15) is 5.26 Å². The molecule has 1 saturated heterocycles. The summed E-state index contributed by atoms with van der Waals surface area (Å²) in [6, 6.07) is 21.3. The Morgan fingerprint density at radius 2 is 1.83 bits per heavy atom. The van der Waals surface area contributed by atoms with Gasteiger partial charge in [-0.15, -0.1) is 0 Å². The molecule has 1 heterocycles. The molecule has 1 aliphatic heterocycles. The van der Waals surface area contributed by atoms with E-state index in [1.165, 1.54) is 30.6 Å². The number of rotatable bonds is 4. The fraction of sp³-hybridized carbons (Fsp3) is 0.381. The third-order valence-corrected chi connectivity index (χ3v) is 5.97. The second-order valence-electron chi connectivity index (χ2n) is 6.98. The SMILES string of the molecule is CCC1(c2cccc(C#N)c2)C2CN(Cc3ccccc3)CC21. The third kappa shape index (κ3) is 2.28. The molecule has 2 heteroatoms. The van der Waals surface area contributed by atoms with E-state index in [1.807, 2.05) is 12.1 Å². The molecule has 2 atom stereocenters. The molecular weight excluding hydrogens is 280 g/mol. The first kappa shape index (κ1) is 14.5. The standard InChI is InChI=1S/C21H22N2/c1-2-21(18-10-6-9-17(11-18)12-22)19-14-23(15-20(19)21)13-16-7-4-3-5-8-16/h3-11,19-20H,2,13-15H2,1H3. The Bertz CT molecular complexity index is 732. The highest BCUT2D eigenvalue weighted by Crippen LogP contribution is 2.65. The van der Waals surface area contributed by atoms with Crippen LogP contribution in [0.3, 0.4) is 0 Å². The zero-order valence-electron chi connectivity index (χ0n) is 13.6. The summed E-state index contributed by atoms with van der Waals surface area (Å²) < 4.78 is 0. The van der Waals surface area contributed by atoms with Crippen molar-refractivity contribution in [2.24, 2.45) is 11.8 Å². The maximum atomic E-state index is 9.17. The Morgan fingerprint density at radius 1 is 1.09 bits per heavy atom. The number of fused-ring (bicyclic) bond motifs is 1. The molecule has 0 radical (unpaired) electrons. The molecule has 0 aromatic heterocycles. The first-order valence-electron chi connectivity index (χ1n) is 8.55. The molecule has 2 aromatic rings. The van der Waals surface area contributed by atoms with Gasteiger partial charge < -0.3 is 0 Å². The topological polar surface area (TPSA) is 27.0 Å². The summed E-state index contributed by atoms with van der Waals surface area (Å²) in [5.74, 6) is 1.51. The molecule has 1 saturated carbocycles. The highest BCUT2D eigenvalue weighted by Gasteiger charge is 2.67. The molecule has 2 fully saturated rings. The summed E-state index contributed by atoms with van der Waals surface area (Å²) in [6.07, 6.45) is 1.18. The Kier molecular flexibility index (Phi) is 3.47. The number of benzene rings is 2. The van der Waals surface area contributed by atoms with E-state index in [-0.39, 0.29) is 0 Å². The van der Waals surface area contributed by atoms with Crippen molar-refractivity contribution in [3.63, 3.8) is 0 Å². The summed E-state index contributed by atoms with van der Waals surface area (Å²) in [4.78, 5) is 2.59. The van der Waals surface area contributed by atoms with Crippen molar-refractivity contribution in [1.82, 2.24) is 4.90 Å². The molecule has 2 unspecified atom stereocenters. The number of hydrogen-bond acceptors (Lipinski definition) is 2. The maximum absolute atomic E-state index is 9.17. The van der Waals surface area contributed by atoms with Crippen LogP contribution in [-0.4, -0.2) is 18.0 Å². The number of nitrogens with zero attached hydrogens (tertiary/aromatic N) is 2. The largest absolute Gasteiger partial charge is 0.298 e. The number of likely N-dealkylation sites (tertiary alicyclic amines) is 1. The zero-order chi connectivity index (χ0) is 15.9. The van der Waals surface area contributed by atoms with Gasteiger partial charge in [0.05, 0.1) is 11.6 Å². The average Bonchev–Trinajstić information content (AvgIpc) is 2.99. The third-order valence-electron chi connectivity index (χ3n) is 5.97. The van der Waals surface area contributed by atoms with Gasteiger partial charge in [-0.2, -0.15) is 5.26 Å². The van der Waals surface area contributed by atoms with E-state index in [0.717, 1.165) is 23.9 Å². The van der Waals surface area contributed by atoms with Crippen molar-refractivity contribution >= 4 is 0 Å². The number of piperidine rings is 1. The predicted octanol–water partition coefficient (Wildman–Crippen LogP) is 3.97. The van der Waals surface area contributed by atoms with Gasteiger partial charge in [0, 0.05) is 25.0 Å². The normalized spacial score (nSPS) is 29.0. The Morgan fingerprint density at radius 3 is 2.48 bits per heavy atom. The monoisotopic (exact) mass is 302 g/mol. The Balaban J connectivity index is 1.50. The van der Waals surface area contributed by atoms with Gasteiger partial charge in [-0.3, -0.25) is 4.90 Å². The van der Waals surface area contributed by atoms with Crippen LogP contribution in [-0.2, 0) is 12.0 Å². The van der Waals surface area contributed by atoms with E-state index >= 15 is 0 Å². The highest BCUT2D eigenvalue weighted by atomic mass is 15.2. The van der Waals surface area contributed by atoms with Crippen LogP contribution in [0.15, 0.2) is 54.6 Å². The molecule has 0 spiro atoms. The van der Waals surface area contributed by atoms with Crippen LogP contribution in [0, 0.1) is 23.2 Å². The molecule has 4 rings (SSSR count). The van der Waals surface area contributed by atoms with E-state index in [0.29, 0.717) is 5.41 Å². The van der Waals surface area contributed by atoms with Gasteiger partial charge in [-0.1, -0.05) is 49.4 Å². The van der Waals surface area contributed by atoms with Crippen molar-refractivity contribution in [3.05, 3.63) is 71.3 Å². The minimum atomic E-state index is 0.319. The summed E-state index contributed by atoms with van der Waals surface area (Å²) >= 11 is 0. The minimum Gasteiger partial charge on any atom is -0.298 e. The minimum absolute atomic E-state index is 0.319. The van der Waals surface area contributed by atoms with Crippen LogP contribution in [0.5, 0.6) is 0 Å². The fourth-order valence-electron chi connectivity index (χ4n) is 4.82. The molecule has 0 bridgehead atoms. The first-order chi connectivity index (χ1) is 11.3. The van der Waals surface area contributed by atoms with E-state index in [2.05, 4.69) is 60.4 Å². The molecule has 2 aliphatic rings. The van der Waals surface area contributed by atoms with Gasteiger partial charge >= 0.3 is 0 Å². The van der Waals surface area contributed by atoms with Crippen molar-refractivity contribution in [1.29, 1.82) is 5.26 Å². The van der Waals surface area contributed by atoms with Crippen molar-refractivity contribution in [2.45, 2.75) is 25.3 Å². The summed E-state index contributed by atoms with van der Waals surface area (Å²) in [5, 5.41) is 9.17. The first-order valence-corrected chi connectivity index (χ1v) is 8.55. The predicted molar refractivity (Wildman–Crippen MR) is 91.8 cm³/mol. The van der Waals surface area contributed by atoms with Gasteiger partial charge in [-0.25, -0.2) is 0 Å². The quantitative estimate of drug-likeness (QED) is 0.854. The Labute approximate surface area is 138 Å². The molecule has 2 aromatic carbocycles. The zero-order valence-corrected chi connectivity index (χ0v) is 13.6. The van der Waals surface area contributed by atoms with Crippen LogP contribution in [0.25, 0.3) is 0 Å². The molecule has 2 nitrogen and oxygen atoms in total. The average molecular weight is 302 g/mol. The van der Waals surface area contributed by atoms with E-state index in [1.54, 1.807) is 0 Å². The highest BCUT2D eigenvalue weighted by molar-refractivity contribution is 5.43. The van der Waals surface area contributed by atoms with Crippen LogP contribution in [0.4, 0.5) is 0 Å².